The van der Waals surface area contributed by atoms with Crippen molar-refractivity contribution in [3.63, 3.8) is 0 Å². The lowest BCUT2D eigenvalue weighted by Crippen LogP contribution is -2.39. The van der Waals surface area contributed by atoms with Crippen LogP contribution in [0.2, 0.25) is 0 Å². The summed E-state index contributed by atoms with van der Waals surface area (Å²) in [6.45, 7) is 7.18. The fourth-order valence-electron chi connectivity index (χ4n) is 3.67. The summed E-state index contributed by atoms with van der Waals surface area (Å²) in [6, 6.07) is 11.4. The molecule has 6 nitrogen and oxygen atoms in total. The molecule has 1 fully saturated rings. The van der Waals surface area contributed by atoms with Crippen LogP contribution < -0.4 is 4.90 Å². The second-order valence-electron chi connectivity index (χ2n) is 7.76. The molecule has 1 aromatic heterocycles. The van der Waals surface area contributed by atoms with Crippen LogP contribution in [0.3, 0.4) is 0 Å². The normalized spacial score (nSPS) is 18.0. The van der Waals surface area contributed by atoms with Gasteiger partial charge in [0.2, 0.25) is 5.12 Å². The highest BCUT2D eigenvalue weighted by atomic mass is 32.2. The molecule has 0 spiro atoms. The number of benzene rings is 1. The Morgan fingerprint density at radius 3 is 2.62 bits per heavy atom. The number of aromatic nitrogens is 1. The average molecular weight is 410 g/mol. The Morgan fingerprint density at radius 2 is 1.93 bits per heavy atom. The van der Waals surface area contributed by atoms with E-state index in [1.165, 1.54) is 0 Å². The second kappa shape index (κ2) is 8.15. The van der Waals surface area contributed by atoms with Crippen molar-refractivity contribution in [1.82, 2.24) is 4.98 Å². The minimum absolute atomic E-state index is 0.117. The SMILES string of the molecule is CC1(C)Cc2c(C#N)c(SC(=O)c3ccccc3)nc(N3CCOCC3)c2CO1. The Morgan fingerprint density at radius 1 is 1.21 bits per heavy atom. The first-order chi connectivity index (χ1) is 14.0. The molecule has 1 saturated heterocycles. The number of anilines is 1. The largest absolute Gasteiger partial charge is 0.378 e. The number of nitrogens with zero attached hydrogens (tertiary/aromatic N) is 3. The van der Waals surface area contributed by atoms with Gasteiger partial charge in [-0.3, -0.25) is 4.79 Å². The van der Waals surface area contributed by atoms with E-state index >= 15 is 0 Å². The maximum Gasteiger partial charge on any atom is 0.225 e. The third-order valence-electron chi connectivity index (χ3n) is 5.19. The molecule has 2 aliphatic heterocycles. The number of carbonyl (C=O) groups excluding carboxylic acids is 1. The molecule has 29 heavy (non-hydrogen) atoms. The van der Waals surface area contributed by atoms with Crippen molar-refractivity contribution in [1.29, 1.82) is 5.26 Å². The Hall–Kier alpha value is -2.40. The highest BCUT2D eigenvalue weighted by Crippen LogP contribution is 2.39. The van der Waals surface area contributed by atoms with Gasteiger partial charge in [0.25, 0.3) is 0 Å². The minimum atomic E-state index is -0.367. The van der Waals surface area contributed by atoms with Gasteiger partial charge in [0.15, 0.2) is 0 Å². The summed E-state index contributed by atoms with van der Waals surface area (Å²) in [4.78, 5) is 19.8. The van der Waals surface area contributed by atoms with Crippen LogP contribution >= 0.6 is 11.8 Å². The zero-order valence-corrected chi connectivity index (χ0v) is 17.4. The van der Waals surface area contributed by atoms with Crippen LogP contribution in [0.25, 0.3) is 0 Å². The van der Waals surface area contributed by atoms with Gasteiger partial charge in [-0.15, -0.1) is 0 Å². The average Bonchev–Trinajstić information content (AvgIpc) is 2.73. The molecule has 0 amide bonds. The number of rotatable bonds is 3. The third kappa shape index (κ3) is 4.15. The van der Waals surface area contributed by atoms with E-state index in [-0.39, 0.29) is 10.7 Å². The highest BCUT2D eigenvalue weighted by Gasteiger charge is 2.34. The van der Waals surface area contributed by atoms with E-state index in [2.05, 4.69) is 11.0 Å². The van der Waals surface area contributed by atoms with Gasteiger partial charge in [-0.2, -0.15) is 5.26 Å². The zero-order valence-electron chi connectivity index (χ0n) is 16.6. The first-order valence-corrected chi connectivity index (χ1v) is 10.5. The van der Waals surface area contributed by atoms with Crippen molar-refractivity contribution < 1.29 is 14.3 Å². The number of pyridine rings is 1. The number of carbonyl (C=O) groups is 1. The van der Waals surface area contributed by atoms with Crippen LogP contribution in [-0.4, -0.2) is 42.0 Å². The molecule has 0 saturated carbocycles. The predicted molar refractivity (Wildman–Crippen MR) is 111 cm³/mol. The molecule has 1 aromatic carbocycles. The number of hydrogen-bond donors (Lipinski definition) is 0. The lowest BCUT2D eigenvalue weighted by atomic mass is 9.89. The van der Waals surface area contributed by atoms with Crippen molar-refractivity contribution in [2.24, 2.45) is 0 Å². The van der Waals surface area contributed by atoms with Gasteiger partial charge in [0.05, 0.1) is 31.0 Å². The van der Waals surface area contributed by atoms with E-state index in [0.29, 0.717) is 42.4 Å². The predicted octanol–water partition coefficient (Wildman–Crippen LogP) is 3.57. The van der Waals surface area contributed by atoms with Crippen LogP contribution in [0.15, 0.2) is 35.4 Å². The fourth-order valence-corrected chi connectivity index (χ4v) is 4.50. The number of hydrogen-bond acceptors (Lipinski definition) is 7. The fraction of sp³-hybridized carbons (Fsp3) is 0.409. The van der Waals surface area contributed by atoms with Crippen LogP contribution in [0.5, 0.6) is 0 Å². The molecule has 7 heteroatoms. The first-order valence-electron chi connectivity index (χ1n) is 9.68. The van der Waals surface area contributed by atoms with Crippen molar-refractivity contribution in [2.75, 3.05) is 31.2 Å². The Labute approximate surface area is 174 Å². The summed E-state index contributed by atoms with van der Waals surface area (Å²) in [5, 5.41) is 10.3. The molecule has 2 aliphatic rings. The maximum absolute atomic E-state index is 12.8. The van der Waals surface area contributed by atoms with Crippen molar-refractivity contribution in [2.45, 2.75) is 37.5 Å². The third-order valence-corrected chi connectivity index (χ3v) is 6.10. The standard InChI is InChI=1S/C22H23N3O3S/c1-22(2)12-16-17(13-23)20(29-21(26)15-6-4-3-5-7-15)24-19(18(16)14-28-22)25-8-10-27-11-9-25/h3-7H,8-12,14H2,1-2H3. The number of fused-ring (bicyclic) bond motifs is 1. The van der Waals surface area contributed by atoms with Gasteiger partial charge < -0.3 is 14.4 Å². The number of thioether (sulfide) groups is 1. The van der Waals surface area contributed by atoms with Gasteiger partial charge in [-0.25, -0.2) is 4.98 Å². The van der Waals surface area contributed by atoms with E-state index < -0.39 is 0 Å². The quantitative estimate of drug-likeness (QED) is 0.717. The van der Waals surface area contributed by atoms with Gasteiger partial charge >= 0.3 is 0 Å². The minimum Gasteiger partial charge on any atom is -0.378 e. The van der Waals surface area contributed by atoms with E-state index in [4.69, 9.17) is 14.5 Å². The monoisotopic (exact) mass is 409 g/mol. The van der Waals surface area contributed by atoms with E-state index in [1.54, 1.807) is 12.1 Å². The van der Waals surface area contributed by atoms with Gasteiger partial charge in [-0.1, -0.05) is 30.3 Å². The van der Waals surface area contributed by atoms with Crippen LogP contribution in [-0.2, 0) is 22.5 Å². The number of morpholine rings is 1. The van der Waals surface area contributed by atoms with E-state index in [0.717, 1.165) is 41.8 Å². The second-order valence-corrected chi connectivity index (χ2v) is 8.73. The molecular formula is C22H23N3O3S. The lowest BCUT2D eigenvalue weighted by Gasteiger charge is -2.36. The summed E-state index contributed by atoms with van der Waals surface area (Å²) in [5.74, 6) is 0.807. The Balaban J connectivity index is 1.79. The smallest absolute Gasteiger partial charge is 0.225 e. The molecule has 150 valence electrons. The summed E-state index contributed by atoms with van der Waals surface area (Å²) < 4.78 is 11.5. The summed E-state index contributed by atoms with van der Waals surface area (Å²) in [7, 11) is 0. The van der Waals surface area contributed by atoms with Crippen molar-refractivity contribution in [3.05, 3.63) is 52.6 Å². The molecule has 2 aromatic rings. The summed E-state index contributed by atoms with van der Waals surface area (Å²) in [5.41, 5.74) is 2.62. The maximum atomic E-state index is 12.8. The Bertz CT molecular complexity index is 964. The summed E-state index contributed by atoms with van der Waals surface area (Å²) in [6.07, 6.45) is 0.609. The van der Waals surface area contributed by atoms with Gasteiger partial charge in [-0.05, 0) is 31.2 Å². The molecule has 4 rings (SSSR count). The molecule has 0 bridgehead atoms. The number of ether oxygens (including phenoxy) is 2. The highest BCUT2D eigenvalue weighted by molar-refractivity contribution is 8.14. The molecular weight excluding hydrogens is 386 g/mol. The first kappa shape index (κ1) is 19.9. The van der Waals surface area contributed by atoms with Crippen LogP contribution in [0.1, 0.15) is 40.9 Å². The number of nitriles is 1. The molecule has 0 N–H and O–H groups in total. The van der Waals surface area contributed by atoms with E-state index in [9.17, 15) is 10.1 Å². The van der Waals surface area contributed by atoms with Gasteiger partial charge in [0.1, 0.15) is 16.9 Å². The van der Waals surface area contributed by atoms with E-state index in [1.807, 2.05) is 32.0 Å². The van der Waals surface area contributed by atoms with Gasteiger partial charge in [0, 0.05) is 30.6 Å². The zero-order chi connectivity index (χ0) is 20.4. The molecule has 0 atom stereocenters. The molecule has 0 unspecified atom stereocenters. The molecule has 0 aliphatic carbocycles. The van der Waals surface area contributed by atoms with Crippen molar-refractivity contribution in [3.8, 4) is 6.07 Å². The lowest BCUT2D eigenvalue weighted by molar-refractivity contribution is -0.0402. The summed E-state index contributed by atoms with van der Waals surface area (Å²) >= 11 is 1.03. The Kier molecular flexibility index (Phi) is 5.59. The molecule has 3 heterocycles. The van der Waals surface area contributed by atoms with Crippen molar-refractivity contribution >= 4 is 22.7 Å². The topological polar surface area (TPSA) is 75.5 Å². The molecule has 0 radical (unpaired) electrons. The van der Waals surface area contributed by atoms with Crippen LogP contribution in [0.4, 0.5) is 5.82 Å². The van der Waals surface area contributed by atoms with Crippen LogP contribution in [0, 0.1) is 11.3 Å².